The molecule has 1 N–H and O–H groups in total. The fraction of sp³-hybridized carbons (Fsp3) is 0.375. The van der Waals surface area contributed by atoms with E-state index in [0.717, 1.165) is 0 Å². The third-order valence-electron chi connectivity index (χ3n) is 4.14. The molecule has 8 nitrogen and oxygen atoms in total. The highest BCUT2D eigenvalue weighted by molar-refractivity contribution is 7.89. The SMILES string of the molecule is Cn1cnc(S(=O)(=O)N2CCCN(C(=O)Nc3ccccc3F)CC2)c1. The average molecular weight is 381 g/mol. The minimum absolute atomic E-state index is 0.00995. The summed E-state index contributed by atoms with van der Waals surface area (Å²) in [5.74, 6) is -0.518. The molecule has 10 heteroatoms. The zero-order valence-electron chi connectivity index (χ0n) is 14.3. The number of sulfonamides is 1. The lowest BCUT2D eigenvalue weighted by atomic mass is 10.3. The predicted molar refractivity (Wildman–Crippen MR) is 93.6 cm³/mol. The number of benzene rings is 1. The number of aromatic nitrogens is 2. The van der Waals surface area contributed by atoms with Gasteiger partial charge in [0.1, 0.15) is 5.82 Å². The number of urea groups is 1. The van der Waals surface area contributed by atoms with Gasteiger partial charge in [0.2, 0.25) is 0 Å². The summed E-state index contributed by atoms with van der Waals surface area (Å²) in [6.07, 6.45) is 3.36. The predicted octanol–water partition coefficient (Wildman–Crippen LogP) is 1.49. The van der Waals surface area contributed by atoms with Gasteiger partial charge in [-0.15, -0.1) is 0 Å². The zero-order chi connectivity index (χ0) is 18.7. The number of nitrogens with zero attached hydrogens (tertiary/aromatic N) is 4. The average Bonchev–Trinajstić information content (AvgIpc) is 2.90. The standard InChI is InChI=1S/C16H20FN5O3S/c1-20-11-15(18-12-20)26(24,25)22-8-4-7-21(9-10-22)16(23)19-14-6-3-2-5-13(14)17/h2-3,5-6,11-12H,4,7-10H2,1H3,(H,19,23). The molecular formula is C16H20FN5O3S. The largest absolute Gasteiger partial charge is 0.339 e. The van der Waals surface area contributed by atoms with Crippen molar-refractivity contribution in [1.82, 2.24) is 18.8 Å². The van der Waals surface area contributed by atoms with Crippen molar-refractivity contribution in [2.45, 2.75) is 11.4 Å². The van der Waals surface area contributed by atoms with Crippen LogP contribution in [0.15, 0.2) is 41.8 Å². The van der Waals surface area contributed by atoms with Crippen molar-refractivity contribution in [2.24, 2.45) is 7.05 Å². The van der Waals surface area contributed by atoms with E-state index in [1.165, 1.54) is 39.9 Å². The Labute approximate surface area is 151 Å². The Kier molecular flexibility index (Phi) is 5.23. The molecule has 1 aliphatic rings. The molecule has 0 atom stereocenters. The monoisotopic (exact) mass is 381 g/mol. The van der Waals surface area contributed by atoms with Crippen LogP contribution in [0.5, 0.6) is 0 Å². The van der Waals surface area contributed by atoms with E-state index in [1.54, 1.807) is 17.7 Å². The van der Waals surface area contributed by atoms with Crippen LogP contribution in [0.4, 0.5) is 14.9 Å². The van der Waals surface area contributed by atoms with E-state index in [2.05, 4.69) is 10.3 Å². The number of halogens is 1. The van der Waals surface area contributed by atoms with Gasteiger partial charge in [-0.3, -0.25) is 0 Å². The van der Waals surface area contributed by atoms with Crippen LogP contribution in [-0.4, -0.2) is 59.4 Å². The third kappa shape index (κ3) is 3.86. The number of hydrogen-bond acceptors (Lipinski definition) is 4. The maximum Gasteiger partial charge on any atom is 0.321 e. The van der Waals surface area contributed by atoms with Crippen LogP contribution < -0.4 is 5.32 Å². The Morgan fingerprint density at radius 2 is 1.96 bits per heavy atom. The van der Waals surface area contributed by atoms with Crippen LogP contribution in [0.25, 0.3) is 0 Å². The number of amides is 2. The van der Waals surface area contributed by atoms with Gasteiger partial charge in [0.25, 0.3) is 10.0 Å². The second kappa shape index (κ2) is 7.42. The van der Waals surface area contributed by atoms with Crippen LogP contribution in [0, 0.1) is 5.82 Å². The summed E-state index contributed by atoms with van der Waals surface area (Å²) in [5.41, 5.74) is 0.0970. The van der Waals surface area contributed by atoms with Crippen molar-refractivity contribution in [3.8, 4) is 0 Å². The Bertz CT molecular complexity index is 899. The number of carbonyl (C=O) groups is 1. The fourth-order valence-electron chi connectivity index (χ4n) is 2.75. The van der Waals surface area contributed by atoms with Gasteiger partial charge in [-0.05, 0) is 18.6 Å². The molecule has 0 spiro atoms. The Balaban J connectivity index is 1.66. The molecular weight excluding hydrogens is 361 g/mol. The highest BCUT2D eigenvalue weighted by atomic mass is 32.2. The highest BCUT2D eigenvalue weighted by Gasteiger charge is 2.29. The van der Waals surface area contributed by atoms with Crippen LogP contribution in [0.2, 0.25) is 0 Å². The molecule has 1 aliphatic heterocycles. The quantitative estimate of drug-likeness (QED) is 0.873. The minimum Gasteiger partial charge on any atom is -0.339 e. The van der Waals surface area contributed by atoms with Crippen molar-refractivity contribution in [1.29, 1.82) is 0 Å². The molecule has 0 bridgehead atoms. The molecule has 1 aromatic carbocycles. The summed E-state index contributed by atoms with van der Waals surface area (Å²) in [5, 5.41) is 2.51. The van der Waals surface area contributed by atoms with Gasteiger partial charge in [0.15, 0.2) is 5.03 Å². The van der Waals surface area contributed by atoms with Crippen LogP contribution >= 0.6 is 0 Å². The number of nitrogens with one attached hydrogen (secondary N) is 1. The highest BCUT2D eigenvalue weighted by Crippen LogP contribution is 2.17. The molecule has 1 saturated heterocycles. The van der Waals surface area contributed by atoms with Gasteiger partial charge >= 0.3 is 6.03 Å². The smallest absolute Gasteiger partial charge is 0.321 e. The Hall–Kier alpha value is -2.46. The molecule has 0 unspecified atom stereocenters. The van der Waals surface area contributed by atoms with E-state index in [4.69, 9.17) is 0 Å². The van der Waals surface area contributed by atoms with Gasteiger partial charge in [0.05, 0.1) is 12.0 Å². The lowest BCUT2D eigenvalue weighted by Crippen LogP contribution is -2.39. The van der Waals surface area contributed by atoms with Crippen LogP contribution in [0.1, 0.15) is 6.42 Å². The molecule has 0 aliphatic carbocycles. The van der Waals surface area contributed by atoms with E-state index >= 15 is 0 Å². The summed E-state index contributed by atoms with van der Waals surface area (Å²) in [6, 6.07) is 5.45. The first-order valence-electron chi connectivity index (χ1n) is 8.16. The molecule has 2 aromatic rings. The number of hydrogen-bond donors (Lipinski definition) is 1. The van der Waals surface area contributed by atoms with Gasteiger partial charge in [-0.1, -0.05) is 12.1 Å². The Morgan fingerprint density at radius 1 is 1.19 bits per heavy atom. The maximum absolute atomic E-state index is 13.7. The minimum atomic E-state index is -3.70. The van der Waals surface area contributed by atoms with Crippen LogP contribution in [0.3, 0.4) is 0 Å². The van der Waals surface area contributed by atoms with Gasteiger partial charge in [-0.25, -0.2) is 22.6 Å². The molecule has 140 valence electrons. The zero-order valence-corrected chi connectivity index (χ0v) is 15.1. The number of rotatable bonds is 3. The van der Waals surface area contributed by atoms with Crippen molar-refractivity contribution >= 4 is 21.7 Å². The summed E-state index contributed by atoms with van der Waals surface area (Å²) in [4.78, 5) is 17.8. The van der Waals surface area contributed by atoms with Crippen molar-refractivity contribution in [3.63, 3.8) is 0 Å². The number of anilines is 1. The Morgan fingerprint density at radius 3 is 2.65 bits per heavy atom. The number of carbonyl (C=O) groups excluding carboxylic acids is 1. The first-order chi connectivity index (χ1) is 12.4. The van der Waals surface area contributed by atoms with E-state index in [-0.39, 0.29) is 23.8 Å². The van der Waals surface area contributed by atoms with Gasteiger partial charge < -0.3 is 14.8 Å². The lowest BCUT2D eigenvalue weighted by Gasteiger charge is -2.22. The molecule has 26 heavy (non-hydrogen) atoms. The van der Waals surface area contributed by atoms with E-state index in [1.807, 2.05) is 0 Å². The maximum atomic E-state index is 13.7. The molecule has 2 amide bonds. The summed E-state index contributed by atoms with van der Waals surface area (Å²) < 4.78 is 41.9. The lowest BCUT2D eigenvalue weighted by molar-refractivity contribution is 0.214. The first kappa shape index (κ1) is 18.3. The fourth-order valence-corrected chi connectivity index (χ4v) is 4.18. The van der Waals surface area contributed by atoms with E-state index in [0.29, 0.717) is 19.5 Å². The topological polar surface area (TPSA) is 87.5 Å². The summed E-state index contributed by atoms with van der Waals surface area (Å²) in [7, 11) is -2.00. The van der Waals surface area contributed by atoms with Gasteiger partial charge in [-0.2, -0.15) is 4.31 Å². The van der Waals surface area contributed by atoms with E-state index in [9.17, 15) is 17.6 Å². The molecule has 0 saturated carbocycles. The van der Waals surface area contributed by atoms with Crippen molar-refractivity contribution < 1.29 is 17.6 Å². The summed E-state index contributed by atoms with van der Waals surface area (Å²) in [6.45, 7) is 1.05. The molecule has 1 fully saturated rings. The molecule has 2 heterocycles. The van der Waals surface area contributed by atoms with Crippen LogP contribution in [-0.2, 0) is 17.1 Å². The first-order valence-corrected chi connectivity index (χ1v) is 9.60. The normalized spacial score (nSPS) is 16.3. The summed E-state index contributed by atoms with van der Waals surface area (Å²) >= 11 is 0. The molecule has 3 rings (SSSR count). The number of para-hydroxylation sites is 1. The second-order valence-corrected chi connectivity index (χ2v) is 7.92. The second-order valence-electron chi connectivity index (χ2n) is 6.03. The van der Waals surface area contributed by atoms with Crippen molar-refractivity contribution in [2.75, 3.05) is 31.5 Å². The van der Waals surface area contributed by atoms with E-state index < -0.39 is 21.9 Å². The number of aryl methyl sites for hydroxylation is 1. The molecule has 0 radical (unpaired) electrons. The van der Waals surface area contributed by atoms with Gasteiger partial charge in [0, 0.05) is 39.4 Å². The third-order valence-corrected chi connectivity index (χ3v) is 5.93. The molecule has 1 aromatic heterocycles. The van der Waals surface area contributed by atoms with Crippen molar-refractivity contribution in [3.05, 3.63) is 42.6 Å². The number of imidazole rings is 1.